The van der Waals surface area contributed by atoms with Gasteiger partial charge < -0.3 is 15.2 Å². The van der Waals surface area contributed by atoms with Crippen LogP contribution >= 0.6 is 11.8 Å². The molecule has 0 radical (unpaired) electrons. The van der Waals surface area contributed by atoms with E-state index in [1.807, 2.05) is 6.92 Å². The van der Waals surface area contributed by atoms with Gasteiger partial charge >= 0.3 is 5.97 Å². The first kappa shape index (κ1) is 22.1. The van der Waals surface area contributed by atoms with Gasteiger partial charge in [0, 0.05) is 6.54 Å². The number of carbonyl (C=O) groups is 3. The smallest absolute Gasteiger partial charge is 0.337 e. The molecule has 1 aliphatic rings. The highest BCUT2D eigenvalue weighted by Crippen LogP contribution is 2.34. The second-order valence-corrected chi connectivity index (χ2v) is 7.43. The lowest BCUT2D eigenvalue weighted by Crippen LogP contribution is -2.28. The van der Waals surface area contributed by atoms with E-state index in [4.69, 9.17) is 15.2 Å². The van der Waals surface area contributed by atoms with E-state index in [-0.39, 0.29) is 12.5 Å². The summed E-state index contributed by atoms with van der Waals surface area (Å²) in [5, 5.41) is 0.530. The minimum Gasteiger partial charge on any atom is -0.484 e. The average Bonchev–Trinajstić information content (AvgIpc) is 3.06. The molecule has 2 amide bonds. The Morgan fingerprint density at radius 3 is 2.58 bits per heavy atom. The molecule has 1 fully saturated rings. The zero-order chi connectivity index (χ0) is 22.4. The number of aliphatic imine (C=N–C) groups is 1. The van der Waals surface area contributed by atoms with Gasteiger partial charge in [-0.05, 0) is 60.7 Å². The van der Waals surface area contributed by atoms with Gasteiger partial charge in [0.25, 0.3) is 11.8 Å². The Hall–Kier alpha value is -3.59. The van der Waals surface area contributed by atoms with Crippen molar-refractivity contribution in [1.82, 2.24) is 4.90 Å². The molecule has 31 heavy (non-hydrogen) atoms. The standard InChI is InChI=1S/C22H21N3O5S/c1-3-25-20(27)18(11-14-7-9-17(10-8-14)30-13-19(23)26)31-22(25)24-16-6-4-5-15(12-16)21(28)29-2/h4-12H,3,13H2,1-2H3,(H2,23,26). The Morgan fingerprint density at radius 2 is 1.94 bits per heavy atom. The van der Waals surface area contributed by atoms with Gasteiger partial charge in [0.05, 0.1) is 23.3 Å². The molecule has 9 heteroatoms. The van der Waals surface area contributed by atoms with E-state index in [1.54, 1.807) is 59.5 Å². The van der Waals surface area contributed by atoms with Crippen molar-refractivity contribution in [2.24, 2.45) is 10.7 Å². The fourth-order valence-electron chi connectivity index (χ4n) is 2.77. The largest absolute Gasteiger partial charge is 0.484 e. The van der Waals surface area contributed by atoms with Crippen molar-refractivity contribution in [1.29, 1.82) is 0 Å². The first-order valence-corrected chi connectivity index (χ1v) is 10.2. The molecule has 1 aliphatic heterocycles. The maximum atomic E-state index is 12.8. The Kier molecular flexibility index (Phi) is 7.09. The van der Waals surface area contributed by atoms with Gasteiger partial charge in [0.1, 0.15) is 5.75 Å². The van der Waals surface area contributed by atoms with Crippen LogP contribution < -0.4 is 10.5 Å². The van der Waals surface area contributed by atoms with Gasteiger partial charge in [-0.15, -0.1) is 0 Å². The summed E-state index contributed by atoms with van der Waals surface area (Å²) >= 11 is 1.26. The number of rotatable bonds is 7. The normalized spacial score (nSPS) is 16.1. The number of benzene rings is 2. The number of hydrogen-bond acceptors (Lipinski definition) is 7. The Labute approximate surface area is 183 Å². The molecule has 0 unspecified atom stereocenters. The Bertz CT molecular complexity index is 1060. The van der Waals surface area contributed by atoms with Gasteiger partial charge in [-0.3, -0.25) is 14.5 Å². The van der Waals surface area contributed by atoms with E-state index >= 15 is 0 Å². The molecular weight excluding hydrogens is 418 g/mol. The number of methoxy groups -OCH3 is 1. The first-order chi connectivity index (χ1) is 14.9. The molecule has 1 saturated heterocycles. The number of thioether (sulfide) groups is 1. The van der Waals surface area contributed by atoms with Gasteiger partial charge in [-0.2, -0.15) is 0 Å². The van der Waals surface area contributed by atoms with E-state index in [0.717, 1.165) is 5.56 Å². The highest BCUT2D eigenvalue weighted by atomic mass is 32.2. The van der Waals surface area contributed by atoms with Crippen LogP contribution in [0, 0.1) is 0 Å². The van der Waals surface area contributed by atoms with Crippen molar-refractivity contribution in [2.75, 3.05) is 20.3 Å². The molecule has 0 aromatic heterocycles. The lowest BCUT2D eigenvalue weighted by molar-refractivity contribution is -0.122. The monoisotopic (exact) mass is 439 g/mol. The fourth-order valence-corrected chi connectivity index (χ4v) is 3.83. The van der Waals surface area contributed by atoms with Crippen molar-refractivity contribution in [3.05, 3.63) is 64.6 Å². The third kappa shape index (κ3) is 5.52. The number of likely N-dealkylation sites (N-methyl/N-ethyl adjacent to an activating group) is 1. The van der Waals surface area contributed by atoms with Crippen LogP contribution in [-0.4, -0.2) is 48.1 Å². The average molecular weight is 439 g/mol. The Morgan fingerprint density at radius 1 is 1.19 bits per heavy atom. The van der Waals surface area contributed by atoms with Crippen molar-refractivity contribution < 1.29 is 23.9 Å². The number of hydrogen-bond donors (Lipinski definition) is 1. The van der Waals surface area contributed by atoms with Crippen LogP contribution in [0.2, 0.25) is 0 Å². The summed E-state index contributed by atoms with van der Waals surface area (Å²) < 4.78 is 9.98. The minimum absolute atomic E-state index is 0.149. The van der Waals surface area contributed by atoms with Crippen LogP contribution in [0.4, 0.5) is 5.69 Å². The number of carbonyl (C=O) groups excluding carboxylic acids is 3. The second-order valence-electron chi connectivity index (χ2n) is 6.42. The van der Waals surface area contributed by atoms with Crippen LogP contribution in [0.25, 0.3) is 6.08 Å². The van der Waals surface area contributed by atoms with Crippen molar-refractivity contribution >= 4 is 46.5 Å². The third-order valence-electron chi connectivity index (χ3n) is 4.26. The van der Waals surface area contributed by atoms with E-state index in [2.05, 4.69) is 4.99 Å². The fraction of sp³-hybridized carbons (Fsp3) is 0.182. The lowest BCUT2D eigenvalue weighted by Gasteiger charge is -2.12. The zero-order valence-corrected chi connectivity index (χ0v) is 17.8. The third-order valence-corrected chi connectivity index (χ3v) is 5.26. The molecule has 0 spiro atoms. The molecule has 8 nitrogen and oxygen atoms in total. The summed E-state index contributed by atoms with van der Waals surface area (Å²) in [7, 11) is 1.32. The van der Waals surface area contributed by atoms with Gasteiger partial charge in [-0.25, -0.2) is 9.79 Å². The molecule has 0 saturated carbocycles. The maximum Gasteiger partial charge on any atom is 0.337 e. The number of amides is 2. The highest BCUT2D eigenvalue weighted by molar-refractivity contribution is 8.18. The van der Waals surface area contributed by atoms with Gasteiger partial charge in [-0.1, -0.05) is 18.2 Å². The van der Waals surface area contributed by atoms with Crippen LogP contribution in [0.15, 0.2) is 58.4 Å². The summed E-state index contributed by atoms with van der Waals surface area (Å²) in [6.45, 7) is 2.13. The summed E-state index contributed by atoms with van der Waals surface area (Å²) in [4.78, 5) is 42.0. The number of nitrogens with zero attached hydrogens (tertiary/aromatic N) is 2. The molecule has 1 heterocycles. The molecule has 0 atom stereocenters. The molecule has 0 bridgehead atoms. The number of amidine groups is 1. The summed E-state index contributed by atoms with van der Waals surface area (Å²) in [5.41, 5.74) is 6.80. The maximum absolute atomic E-state index is 12.8. The van der Waals surface area contributed by atoms with Gasteiger partial charge in [0.15, 0.2) is 11.8 Å². The van der Waals surface area contributed by atoms with E-state index < -0.39 is 11.9 Å². The summed E-state index contributed by atoms with van der Waals surface area (Å²) in [6.07, 6.45) is 1.76. The highest BCUT2D eigenvalue weighted by Gasteiger charge is 2.32. The van der Waals surface area contributed by atoms with E-state index in [9.17, 15) is 14.4 Å². The van der Waals surface area contributed by atoms with Crippen molar-refractivity contribution in [3.63, 3.8) is 0 Å². The number of primary amides is 1. The van der Waals surface area contributed by atoms with Crippen molar-refractivity contribution in [2.45, 2.75) is 6.92 Å². The van der Waals surface area contributed by atoms with Crippen molar-refractivity contribution in [3.8, 4) is 5.75 Å². The van der Waals surface area contributed by atoms with E-state index in [0.29, 0.717) is 33.6 Å². The first-order valence-electron chi connectivity index (χ1n) is 9.41. The summed E-state index contributed by atoms with van der Waals surface area (Å²) in [6, 6.07) is 13.7. The quantitative estimate of drug-likeness (QED) is 0.524. The number of esters is 1. The van der Waals surface area contributed by atoms with Crippen LogP contribution in [0.1, 0.15) is 22.8 Å². The predicted molar refractivity (Wildman–Crippen MR) is 119 cm³/mol. The minimum atomic E-state index is -0.553. The van der Waals surface area contributed by atoms with E-state index in [1.165, 1.54) is 18.9 Å². The van der Waals surface area contributed by atoms with Gasteiger partial charge in [0.2, 0.25) is 0 Å². The molecule has 2 aromatic carbocycles. The number of nitrogens with two attached hydrogens (primary N) is 1. The molecular formula is C22H21N3O5S. The van der Waals surface area contributed by atoms with Crippen LogP contribution in [-0.2, 0) is 14.3 Å². The molecule has 2 aromatic rings. The number of ether oxygens (including phenoxy) is 2. The lowest BCUT2D eigenvalue weighted by atomic mass is 10.2. The predicted octanol–water partition coefficient (Wildman–Crippen LogP) is 2.96. The summed E-state index contributed by atoms with van der Waals surface area (Å²) in [5.74, 6) is -0.644. The second kappa shape index (κ2) is 9.94. The molecule has 3 rings (SSSR count). The Balaban J connectivity index is 1.82. The molecule has 160 valence electrons. The molecule has 2 N–H and O–H groups in total. The van der Waals surface area contributed by atoms with Crippen LogP contribution in [0.5, 0.6) is 5.75 Å². The topological polar surface area (TPSA) is 111 Å². The molecule has 0 aliphatic carbocycles. The SMILES string of the molecule is CCN1C(=O)C(=Cc2ccc(OCC(N)=O)cc2)SC1=Nc1cccc(C(=O)OC)c1. The van der Waals surface area contributed by atoms with Crippen LogP contribution in [0.3, 0.4) is 0 Å². The zero-order valence-electron chi connectivity index (χ0n) is 17.0.